The first-order valence-electron chi connectivity index (χ1n) is 10.2. The first kappa shape index (κ1) is 20.3. The van der Waals surface area contributed by atoms with E-state index < -0.39 is 18.1 Å². The molecule has 0 spiro atoms. The summed E-state index contributed by atoms with van der Waals surface area (Å²) in [6.07, 6.45) is -4.23. The fraction of sp³-hybridized carbons (Fsp3) is 0.111. The van der Waals surface area contributed by atoms with Gasteiger partial charge in [0.2, 0.25) is 0 Å². The second-order valence-corrected chi connectivity index (χ2v) is 7.61. The molecule has 2 nitrogen and oxygen atoms in total. The molecule has 0 amide bonds. The van der Waals surface area contributed by atoms with Gasteiger partial charge in [-0.2, -0.15) is 13.2 Å². The Morgan fingerprint density at radius 3 is 2.06 bits per heavy atom. The third-order valence-corrected chi connectivity index (χ3v) is 5.53. The zero-order valence-corrected chi connectivity index (χ0v) is 16.9. The Kier molecular flexibility index (Phi) is 4.98. The van der Waals surface area contributed by atoms with E-state index in [0.29, 0.717) is 16.3 Å². The van der Waals surface area contributed by atoms with Gasteiger partial charge in [-0.05, 0) is 28.0 Å². The molecule has 5 heteroatoms. The summed E-state index contributed by atoms with van der Waals surface area (Å²) in [5, 5.41) is 1.11. The van der Waals surface area contributed by atoms with E-state index in [0.717, 1.165) is 5.56 Å². The minimum absolute atomic E-state index is 0.0690. The molecule has 0 bridgehead atoms. The number of benzene rings is 4. The van der Waals surface area contributed by atoms with Crippen molar-refractivity contribution in [3.63, 3.8) is 0 Å². The Morgan fingerprint density at radius 1 is 0.719 bits per heavy atom. The number of halogens is 3. The van der Waals surface area contributed by atoms with Gasteiger partial charge in [0.1, 0.15) is 11.9 Å². The molecule has 0 N–H and O–H groups in total. The van der Waals surface area contributed by atoms with Gasteiger partial charge in [0, 0.05) is 5.56 Å². The molecule has 0 saturated carbocycles. The van der Waals surface area contributed by atoms with Gasteiger partial charge in [0.15, 0.2) is 0 Å². The van der Waals surface area contributed by atoms with Crippen LogP contribution in [-0.2, 0) is 15.3 Å². The van der Waals surface area contributed by atoms with Crippen LogP contribution in [0.3, 0.4) is 0 Å². The van der Waals surface area contributed by atoms with Gasteiger partial charge in [-0.15, -0.1) is 0 Å². The van der Waals surface area contributed by atoms with Crippen LogP contribution in [0.25, 0.3) is 16.8 Å². The second-order valence-electron chi connectivity index (χ2n) is 7.61. The highest BCUT2D eigenvalue weighted by atomic mass is 19.4. The van der Waals surface area contributed by atoms with Gasteiger partial charge in [-0.25, -0.2) is 0 Å². The van der Waals surface area contributed by atoms with Crippen LogP contribution in [0.2, 0.25) is 0 Å². The molecule has 1 fully saturated rings. The van der Waals surface area contributed by atoms with E-state index in [1.807, 2.05) is 36.4 Å². The van der Waals surface area contributed by atoms with Crippen LogP contribution in [0.1, 0.15) is 22.8 Å². The summed E-state index contributed by atoms with van der Waals surface area (Å²) in [5.41, 5.74) is 1.24. The van der Waals surface area contributed by atoms with Crippen LogP contribution in [0.4, 0.5) is 13.2 Å². The quantitative estimate of drug-likeness (QED) is 0.336. The molecule has 32 heavy (non-hydrogen) atoms. The van der Waals surface area contributed by atoms with Crippen molar-refractivity contribution in [2.75, 3.05) is 0 Å². The van der Waals surface area contributed by atoms with Gasteiger partial charge < -0.3 is 9.47 Å². The molecule has 1 aliphatic rings. The molecule has 4 aromatic carbocycles. The number of hydrogen-bond acceptors (Lipinski definition) is 2. The standard InChI is InChI=1S/C27H19F3O2/c28-27(29,30)26(23-17-9-15-20-12-7-8-16-22(20)23)31-24(18-19-10-3-1-4-11-19)25(32-26)21-13-5-2-6-14-21/h1-18,25H/b24-18-. The summed E-state index contributed by atoms with van der Waals surface area (Å²) < 4.78 is 55.9. The number of ether oxygens (including phenoxy) is 2. The molecule has 0 aliphatic carbocycles. The van der Waals surface area contributed by atoms with Crippen molar-refractivity contribution in [3.05, 3.63) is 126 Å². The predicted molar refractivity (Wildman–Crippen MR) is 117 cm³/mol. The van der Waals surface area contributed by atoms with Crippen LogP contribution in [-0.4, -0.2) is 6.18 Å². The molecule has 0 aromatic heterocycles. The maximum absolute atomic E-state index is 14.8. The zero-order valence-electron chi connectivity index (χ0n) is 16.9. The lowest BCUT2D eigenvalue weighted by atomic mass is 9.97. The van der Waals surface area contributed by atoms with Gasteiger partial charge in [0.25, 0.3) is 0 Å². The van der Waals surface area contributed by atoms with Crippen LogP contribution in [0, 0.1) is 0 Å². The number of rotatable bonds is 3. The maximum Gasteiger partial charge on any atom is 0.460 e. The highest BCUT2D eigenvalue weighted by molar-refractivity contribution is 5.86. The summed E-state index contributed by atoms with van der Waals surface area (Å²) in [6, 6.07) is 29.6. The number of fused-ring (bicyclic) bond motifs is 1. The average Bonchev–Trinajstić information content (AvgIpc) is 3.20. The summed E-state index contributed by atoms with van der Waals surface area (Å²) in [5.74, 6) is -2.83. The lowest BCUT2D eigenvalue weighted by molar-refractivity contribution is -0.354. The molecule has 0 radical (unpaired) electrons. The lowest BCUT2D eigenvalue weighted by Crippen LogP contribution is -2.43. The second kappa shape index (κ2) is 7.84. The van der Waals surface area contributed by atoms with E-state index in [2.05, 4.69) is 0 Å². The van der Waals surface area contributed by atoms with E-state index >= 15 is 0 Å². The smallest absolute Gasteiger partial charge is 0.451 e. The Morgan fingerprint density at radius 2 is 1.34 bits per heavy atom. The summed E-state index contributed by atoms with van der Waals surface area (Å²) in [4.78, 5) is 0. The molecule has 1 heterocycles. The Labute approximate surface area is 183 Å². The van der Waals surface area contributed by atoms with Gasteiger partial charge >= 0.3 is 12.0 Å². The Hall–Kier alpha value is -3.57. The first-order valence-corrected chi connectivity index (χ1v) is 10.2. The molecule has 1 saturated heterocycles. The third kappa shape index (κ3) is 3.45. The van der Waals surface area contributed by atoms with Crippen LogP contribution in [0.15, 0.2) is 109 Å². The molecule has 4 aromatic rings. The van der Waals surface area contributed by atoms with Crippen molar-refractivity contribution in [1.29, 1.82) is 0 Å². The highest BCUT2D eigenvalue weighted by Crippen LogP contribution is 2.56. The highest BCUT2D eigenvalue weighted by Gasteiger charge is 2.66. The summed E-state index contributed by atoms with van der Waals surface area (Å²) in [7, 11) is 0. The summed E-state index contributed by atoms with van der Waals surface area (Å²) >= 11 is 0. The van der Waals surface area contributed by atoms with E-state index in [1.165, 1.54) is 6.07 Å². The average molecular weight is 432 g/mol. The largest absolute Gasteiger partial charge is 0.460 e. The van der Waals surface area contributed by atoms with E-state index in [1.54, 1.807) is 66.7 Å². The minimum atomic E-state index is -4.82. The Balaban J connectivity index is 1.73. The monoisotopic (exact) mass is 432 g/mol. The van der Waals surface area contributed by atoms with Crippen molar-refractivity contribution in [2.45, 2.75) is 18.1 Å². The van der Waals surface area contributed by atoms with Crippen molar-refractivity contribution >= 4 is 16.8 Å². The fourth-order valence-electron chi connectivity index (χ4n) is 4.05. The SMILES string of the molecule is FC(F)(F)C1(c2cccc3ccccc23)O/C(=C\c2ccccc2)C(c2ccccc2)O1. The van der Waals surface area contributed by atoms with Crippen molar-refractivity contribution in [2.24, 2.45) is 0 Å². The molecule has 1 aliphatic heterocycles. The van der Waals surface area contributed by atoms with Crippen molar-refractivity contribution in [1.82, 2.24) is 0 Å². The predicted octanol–water partition coefficient (Wildman–Crippen LogP) is 7.38. The molecule has 160 valence electrons. The molecular weight excluding hydrogens is 413 g/mol. The van der Waals surface area contributed by atoms with Crippen molar-refractivity contribution in [3.8, 4) is 0 Å². The maximum atomic E-state index is 14.8. The summed E-state index contributed by atoms with van der Waals surface area (Å²) in [6.45, 7) is 0. The van der Waals surface area contributed by atoms with Gasteiger partial charge in [0.05, 0.1) is 0 Å². The molecule has 2 unspecified atom stereocenters. The lowest BCUT2D eigenvalue weighted by Gasteiger charge is -2.31. The first-order chi connectivity index (χ1) is 15.5. The van der Waals surface area contributed by atoms with E-state index in [-0.39, 0.29) is 11.3 Å². The van der Waals surface area contributed by atoms with Crippen LogP contribution in [0.5, 0.6) is 0 Å². The number of hydrogen-bond donors (Lipinski definition) is 0. The number of alkyl halides is 3. The normalized spacial score (nSPS) is 22.2. The molecular formula is C27H19F3O2. The minimum Gasteiger partial charge on any atom is -0.451 e. The Bertz CT molecular complexity index is 1260. The van der Waals surface area contributed by atoms with Gasteiger partial charge in [-0.1, -0.05) is 103 Å². The molecule has 2 atom stereocenters. The topological polar surface area (TPSA) is 18.5 Å². The van der Waals surface area contributed by atoms with Crippen molar-refractivity contribution < 1.29 is 22.6 Å². The van der Waals surface area contributed by atoms with Crippen LogP contribution >= 0.6 is 0 Å². The molecule has 5 rings (SSSR count). The fourth-order valence-corrected chi connectivity index (χ4v) is 4.05. The van der Waals surface area contributed by atoms with Gasteiger partial charge in [-0.3, -0.25) is 0 Å². The van der Waals surface area contributed by atoms with E-state index in [4.69, 9.17) is 9.47 Å². The zero-order chi connectivity index (χ0) is 22.2. The third-order valence-electron chi connectivity index (χ3n) is 5.53. The van der Waals surface area contributed by atoms with E-state index in [9.17, 15) is 13.2 Å². The van der Waals surface area contributed by atoms with Crippen LogP contribution < -0.4 is 0 Å².